The number of rotatable bonds is 10. The number of hydrogen-bond acceptors (Lipinski definition) is 4. The molecule has 0 amide bonds. The van der Waals surface area contributed by atoms with E-state index in [1.54, 1.807) is 12.1 Å². The van der Waals surface area contributed by atoms with E-state index in [4.69, 9.17) is 15.2 Å². The second-order valence-corrected chi connectivity index (χ2v) is 5.29. The number of ether oxygens (including phenoxy) is 2. The first-order valence-electron chi connectivity index (χ1n) is 7.80. The Morgan fingerprint density at radius 1 is 1.24 bits per heavy atom. The summed E-state index contributed by atoms with van der Waals surface area (Å²) in [5.74, 6) is 0.394. The predicted octanol–water partition coefficient (Wildman–Crippen LogP) is 3.94. The van der Waals surface area contributed by atoms with Crippen molar-refractivity contribution in [3.8, 4) is 5.75 Å². The minimum absolute atomic E-state index is 0.0175. The molecule has 0 aliphatic rings. The number of carbonyl (C=O) groups is 1. The van der Waals surface area contributed by atoms with Gasteiger partial charge in [-0.15, -0.1) is 0 Å². The maximum absolute atomic E-state index is 11.7. The van der Waals surface area contributed by atoms with Crippen LogP contribution in [0.25, 0.3) is 0 Å². The highest BCUT2D eigenvalue weighted by Crippen LogP contribution is 2.19. The average Bonchev–Trinajstić information content (AvgIpc) is 2.45. The number of unbranched alkanes of at least 4 members (excludes halogenated alkanes) is 3. The molecule has 0 fully saturated rings. The van der Waals surface area contributed by atoms with Gasteiger partial charge in [0, 0.05) is 0 Å². The highest BCUT2D eigenvalue weighted by Gasteiger charge is 2.10. The van der Waals surface area contributed by atoms with Crippen molar-refractivity contribution in [3.63, 3.8) is 0 Å². The molecule has 0 saturated heterocycles. The molecular weight excluding hydrogens is 266 g/mol. The SMILES string of the molecule is CCCCCCC(C)OC(=O)CCOc1ccccc1N. The van der Waals surface area contributed by atoms with Gasteiger partial charge in [-0.25, -0.2) is 0 Å². The van der Waals surface area contributed by atoms with E-state index in [0.29, 0.717) is 11.4 Å². The van der Waals surface area contributed by atoms with Crippen LogP contribution in [0, 0.1) is 0 Å². The predicted molar refractivity (Wildman–Crippen MR) is 85.3 cm³/mol. The van der Waals surface area contributed by atoms with Crippen LogP contribution in [0.5, 0.6) is 5.75 Å². The molecule has 1 rings (SSSR count). The largest absolute Gasteiger partial charge is 0.491 e. The molecule has 0 radical (unpaired) electrons. The fourth-order valence-electron chi connectivity index (χ4n) is 2.06. The fraction of sp³-hybridized carbons (Fsp3) is 0.588. The van der Waals surface area contributed by atoms with Crippen LogP contribution in [0.1, 0.15) is 52.4 Å². The first-order valence-corrected chi connectivity index (χ1v) is 7.80. The second-order valence-electron chi connectivity index (χ2n) is 5.29. The number of benzene rings is 1. The third-order valence-electron chi connectivity index (χ3n) is 3.28. The molecule has 0 heterocycles. The van der Waals surface area contributed by atoms with Crippen molar-refractivity contribution < 1.29 is 14.3 Å². The average molecular weight is 293 g/mol. The van der Waals surface area contributed by atoms with Gasteiger partial charge < -0.3 is 15.2 Å². The maximum Gasteiger partial charge on any atom is 0.309 e. The van der Waals surface area contributed by atoms with Crippen molar-refractivity contribution >= 4 is 11.7 Å². The topological polar surface area (TPSA) is 61.5 Å². The van der Waals surface area contributed by atoms with Crippen LogP contribution in [-0.4, -0.2) is 18.7 Å². The minimum atomic E-state index is -0.215. The number of nitrogens with two attached hydrogens (primary N) is 1. The standard InChI is InChI=1S/C17H27NO3/c1-3-4-5-6-9-14(2)21-17(19)12-13-20-16-11-8-7-10-15(16)18/h7-8,10-11,14H,3-6,9,12-13,18H2,1-2H3. The lowest BCUT2D eigenvalue weighted by molar-refractivity contribution is -0.149. The van der Waals surface area contributed by atoms with E-state index in [1.165, 1.54) is 19.3 Å². The zero-order chi connectivity index (χ0) is 15.5. The summed E-state index contributed by atoms with van der Waals surface area (Å²) in [6.07, 6.45) is 5.93. The summed E-state index contributed by atoms with van der Waals surface area (Å²) < 4.78 is 10.8. The Hall–Kier alpha value is -1.71. The Balaban J connectivity index is 2.15. The molecule has 1 atom stereocenters. The molecule has 4 nitrogen and oxygen atoms in total. The number of nitrogen functional groups attached to an aromatic ring is 1. The molecule has 118 valence electrons. The number of carbonyl (C=O) groups excluding carboxylic acids is 1. The Morgan fingerprint density at radius 3 is 2.71 bits per heavy atom. The quantitative estimate of drug-likeness (QED) is 0.403. The summed E-state index contributed by atoms with van der Waals surface area (Å²) in [6.45, 7) is 4.42. The van der Waals surface area contributed by atoms with Gasteiger partial charge in [0.05, 0.1) is 24.8 Å². The molecule has 0 bridgehead atoms. The zero-order valence-corrected chi connectivity index (χ0v) is 13.1. The molecular formula is C17H27NO3. The van der Waals surface area contributed by atoms with Gasteiger partial charge in [0.15, 0.2) is 0 Å². The Bertz CT molecular complexity index is 420. The van der Waals surface area contributed by atoms with Crippen LogP contribution in [0.3, 0.4) is 0 Å². The molecule has 1 aromatic carbocycles. The van der Waals surface area contributed by atoms with E-state index in [9.17, 15) is 4.79 Å². The van der Waals surface area contributed by atoms with E-state index in [-0.39, 0.29) is 25.1 Å². The van der Waals surface area contributed by atoms with E-state index in [0.717, 1.165) is 12.8 Å². The molecule has 0 spiro atoms. The van der Waals surface area contributed by atoms with Crippen LogP contribution in [0.4, 0.5) is 5.69 Å². The van der Waals surface area contributed by atoms with E-state index >= 15 is 0 Å². The lowest BCUT2D eigenvalue weighted by atomic mass is 10.1. The summed E-state index contributed by atoms with van der Waals surface area (Å²) in [4.78, 5) is 11.7. The van der Waals surface area contributed by atoms with Gasteiger partial charge in [0.2, 0.25) is 0 Å². The number of anilines is 1. The molecule has 0 aliphatic heterocycles. The van der Waals surface area contributed by atoms with Crippen LogP contribution >= 0.6 is 0 Å². The third kappa shape index (κ3) is 7.59. The summed E-state index contributed by atoms with van der Waals surface area (Å²) >= 11 is 0. The smallest absolute Gasteiger partial charge is 0.309 e. The number of hydrogen-bond donors (Lipinski definition) is 1. The lowest BCUT2D eigenvalue weighted by Crippen LogP contribution is -2.17. The molecule has 0 aliphatic carbocycles. The normalized spacial score (nSPS) is 11.9. The summed E-state index contributed by atoms with van der Waals surface area (Å²) in [7, 11) is 0. The molecule has 0 aromatic heterocycles. The van der Waals surface area contributed by atoms with Crippen LogP contribution < -0.4 is 10.5 Å². The van der Waals surface area contributed by atoms with Gasteiger partial charge in [0.1, 0.15) is 5.75 Å². The van der Waals surface area contributed by atoms with Gasteiger partial charge in [-0.1, -0.05) is 38.3 Å². The minimum Gasteiger partial charge on any atom is -0.491 e. The van der Waals surface area contributed by atoms with E-state index < -0.39 is 0 Å². The summed E-state index contributed by atoms with van der Waals surface area (Å²) in [6, 6.07) is 7.25. The Labute approximate surface area is 127 Å². The van der Waals surface area contributed by atoms with Crippen molar-refractivity contribution in [1.29, 1.82) is 0 Å². The highest BCUT2D eigenvalue weighted by atomic mass is 16.5. The van der Waals surface area contributed by atoms with Gasteiger partial charge in [-0.05, 0) is 31.9 Å². The van der Waals surface area contributed by atoms with Gasteiger partial charge in [-0.2, -0.15) is 0 Å². The van der Waals surface area contributed by atoms with E-state index in [2.05, 4.69) is 6.92 Å². The Kier molecular flexibility index (Phi) is 8.32. The molecule has 4 heteroatoms. The van der Waals surface area contributed by atoms with Gasteiger partial charge >= 0.3 is 5.97 Å². The zero-order valence-electron chi connectivity index (χ0n) is 13.1. The molecule has 1 aromatic rings. The van der Waals surface area contributed by atoms with Crippen molar-refractivity contribution in [3.05, 3.63) is 24.3 Å². The first kappa shape index (κ1) is 17.3. The number of esters is 1. The molecule has 2 N–H and O–H groups in total. The maximum atomic E-state index is 11.7. The summed E-state index contributed by atoms with van der Waals surface area (Å²) in [5.41, 5.74) is 6.34. The first-order chi connectivity index (χ1) is 10.1. The number of para-hydroxylation sites is 2. The van der Waals surface area contributed by atoms with Crippen LogP contribution in [0.2, 0.25) is 0 Å². The summed E-state index contributed by atoms with van der Waals surface area (Å²) in [5, 5.41) is 0. The van der Waals surface area contributed by atoms with Crippen molar-refractivity contribution in [2.45, 2.75) is 58.5 Å². The third-order valence-corrected chi connectivity index (χ3v) is 3.28. The van der Waals surface area contributed by atoms with Crippen molar-refractivity contribution in [1.82, 2.24) is 0 Å². The molecule has 0 saturated carbocycles. The van der Waals surface area contributed by atoms with Crippen LogP contribution in [0.15, 0.2) is 24.3 Å². The van der Waals surface area contributed by atoms with Crippen LogP contribution in [-0.2, 0) is 9.53 Å². The Morgan fingerprint density at radius 2 is 2.00 bits per heavy atom. The fourth-order valence-corrected chi connectivity index (χ4v) is 2.06. The van der Waals surface area contributed by atoms with Gasteiger partial charge in [0.25, 0.3) is 0 Å². The molecule has 21 heavy (non-hydrogen) atoms. The highest BCUT2D eigenvalue weighted by molar-refractivity contribution is 5.69. The van der Waals surface area contributed by atoms with Crippen molar-refractivity contribution in [2.75, 3.05) is 12.3 Å². The van der Waals surface area contributed by atoms with E-state index in [1.807, 2.05) is 19.1 Å². The van der Waals surface area contributed by atoms with Crippen molar-refractivity contribution in [2.24, 2.45) is 0 Å². The lowest BCUT2D eigenvalue weighted by Gasteiger charge is -2.13. The second kappa shape index (κ2) is 10.1. The monoisotopic (exact) mass is 293 g/mol. The van der Waals surface area contributed by atoms with Gasteiger partial charge in [-0.3, -0.25) is 4.79 Å². The molecule has 1 unspecified atom stereocenters.